The van der Waals surface area contributed by atoms with E-state index in [9.17, 15) is 9.59 Å². The van der Waals surface area contributed by atoms with Crippen LogP contribution in [0.4, 0.5) is 0 Å². The van der Waals surface area contributed by atoms with Gasteiger partial charge in [0.1, 0.15) is 0 Å². The van der Waals surface area contributed by atoms with Gasteiger partial charge < -0.3 is 10.6 Å². The van der Waals surface area contributed by atoms with Crippen LogP contribution in [0.1, 0.15) is 73.1 Å². The second-order valence-corrected chi connectivity index (χ2v) is 6.75. The third-order valence-corrected chi connectivity index (χ3v) is 3.00. The largest absolute Gasteiger partial charge is 0.356 e. The lowest BCUT2D eigenvalue weighted by Crippen LogP contribution is -2.35. The Balaban J connectivity index is 3.38. The van der Waals surface area contributed by atoms with Crippen molar-refractivity contribution in [3.8, 4) is 0 Å². The number of nitrogens with one attached hydrogen (secondary N) is 2. The van der Waals surface area contributed by atoms with Crippen LogP contribution in [0.25, 0.3) is 0 Å². The first-order valence-electron chi connectivity index (χ1n) is 7.81. The van der Waals surface area contributed by atoms with Crippen molar-refractivity contribution in [3.05, 3.63) is 0 Å². The van der Waals surface area contributed by atoms with E-state index in [2.05, 4.69) is 10.6 Å². The number of carbonyl (C=O) groups excluding carboxylic acids is 2. The highest BCUT2D eigenvalue weighted by molar-refractivity contribution is 5.81. The molecule has 0 radical (unpaired) electrons. The minimum absolute atomic E-state index is 0.114. The van der Waals surface area contributed by atoms with Gasteiger partial charge in [-0.2, -0.15) is 0 Å². The first kappa shape index (κ1) is 18.9. The number of carbonyl (C=O) groups is 2. The molecule has 0 heterocycles. The second kappa shape index (κ2) is 9.78. The third-order valence-electron chi connectivity index (χ3n) is 3.00. The summed E-state index contributed by atoms with van der Waals surface area (Å²) in [6, 6.07) is 0.230. The van der Waals surface area contributed by atoms with Crippen LogP contribution in [-0.2, 0) is 9.59 Å². The predicted molar refractivity (Wildman–Crippen MR) is 83.4 cm³/mol. The molecule has 4 heteroatoms. The zero-order valence-electron chi connectivity index (χ0n) is 13.8. The SMILES string of the molecule is CC(C)NC(=O)CCCCCCCNC(=O)C(C)(C)C. The Bertz CT molecular complexity index is 293. The van der Waals surface area contributed by atoms with Gasteiger partial charge in [-0.3, -0.25) is 9.59 Å². The monoisotopic (exact) mass is 284 g/mol. The fourth-order valence-corrected chi connectivity index (χ4v) is 1.80. The maximum Gasteiger partial charge on any atom is 0.225 e. The molecule has 0 spiro atoms. The molecule has 4 nitrogen and oxygen atoms in total. The fraction of sp³-hybridized carbons (Fsp3) is 0.875. The Labute approximate surface area is 124 Å². The smallest absolute Gasteiger partial charge is 0.225 e. The maximum atomic E-state index is 11.6. The van der Waals surface area contributed by atoms with E-state index < -0.39 is 0 Å². The number of hydrogen-bond acceptors (Lipinski definition) is 2. The molecule has 0 saturated carbocycles. The summed E-state index contributed by atoms with van der Waals surface area (Å²) in [6.07, 6.45) is 5.90. The topological polar surface area (TPSA) is 58.2 Å². The Morgan fingerprint density at radius 3 is 2.05 bits per heavy atom. The van der Waals surface area contributed by atoms with Gasteiger partial charge in [-0.1, -0.05) is 40.0 Å². The molecule has 0 fully saturated rings. The van der Waals surface area contributed by atoms with Gasteiger partial charge in [0.2, 0.25) is 11.8 Å². The summed E-state index contributed by atoms with van der Waals surface area (Å²) in [4.78, 5) is 23.0. The van der Waals surface area contributed by atoms with E-state index in [1.165, 1.54) is 0 Å². The quantitative estimate of drug-likeness (QED) is 0.639. The van der Waals surface area contributed by atoms with Gasteiger partial charge in [-0.05, 0) is 26.7 Å². The lowest BCUT2D eigenvalue weighted by molar-refractivity contribution is -0.128. The summed E-state index contributed by atoms with van der Waals surface area (Å²) in [5.41, 5.74) is -0.302. The number of hydrogen-bond donors (Lipinski definition) is 2. The minimum Gasteiger partial charge on any atom is -0.356 e. The summed E-state index contributed by atoms with van der Waals surface area (Å²) in [5, 5.41) is 5.84. The Hall–Kier alpha value is -1.06. The van der Waals surface area contributed by atoms with E-state index in [-0.39, 0.29) is 23.3 Å². The van der Waals surface area contributed by atoms with Crippen LogP contribution in [0.15, 0.2) is 0 Å². The molecule has 2 amide bonds. The Kier molecular flexibility index (Phi) is 9.26. The molecule has 0 rings (SSSR count). The van der Waals surface area contributed by atoms with Crippen LogP contribution < -0.4 is 10.6 Å². The van der Waals surface area contributed by atoms with Gasteiger partial charge in [0, 0.05) is 24.4 Å². The van der Waals surface area contributed by atoms with E-state index >= 15 is 0 Å². The van der Waals surface area contributed by atoms with Crippen LogP contribution in [-0.4, -0.2) is 24.4 Å². The molecule has 20 heavy (non-hydrogen) atoms. The molecule has 0 aliphatic rings. The van der Waals surface area contributed by atoms with Gasteiger partial charge in [0.05, 0.1) is 0 Å². The Morgan fingerprint density at radius 1 is 0.950 bits per heavy atom. The highest BCUT2D eigenvalue weighted by atomic mass is 16.2. The van der Waals surface area contributed by atoms with Crippen LogP contribution >= 0.6 is 0 Å². The van der Waals surface area contributed by atoms with Crippen molar-refractivity contribution in [2.45, 2.75) is 79.2 Å². The molecule has 2 N–H and O–H groups in total. The molecule has 0 aliphatic heterocycles. The normalized spacial score (nSPS) is 11.5. The summed E-state index contributed by atoms with van der Waals surface area (Å²) in [5.74, 6) is 0.264. The van der Waals surface area contributed by atoms with Crippen molar-refractivity contribution in [3.63, 3.8) is 0 Å². The number of amides is 2. The lowest BCUT2D eigenvalue weighted by Gasteiger charge is -2.17. The average Bonchev–Trinajstić information content (AvgIpc) is 2.30. The summed E-state index contributed by atoms with van der Waals surface area (Å²) >= 11 is 0. The molecule has 0 aromatic heterocycles. The van der Waals surface area contributed by atoms with Crippen molar-refractivity contribution >= 4 is 11.8 Å². The van der Waals surface area contributed by atoms with Gasteiger partial charge in [-0.15, -0.1) is 0 Å². The van der Waals surface area contributed by atoms with Gasteiger partial charge >= 0.3 is 0 Å². The molecule has 0 atom stereocenters. The van der Waals surface area contributed by atoms with Crippen LogP contribution in [0.2, 0.25) is 0 Å². The number of rotatable bonds is 9. The van der Waals surface area contributed by atoms with E-state index in [1.807, 2.05) is 34.6 Å². The lowest BCUT2D eigenvalue weighted by atomic mass is 9.96. The first-order valence-corrected chi connectivity index (χ1v) is 7.81. The molecule has 118 valence electrons. The summed E-state index contributed by atoms with van der Waals surface area (Å²) < 4.78 is 0. The van der Waals surface area contributed by atoms with E-state index in [0.29, 0.717) is 6.42 Å². The average molecular weight is 284 g/mol. The second-order valence-electron chi connectivity index (χ2n) is 6.75. The zero-order valence-corrected chi connectivity index (χ0v) is 13.8. The number of unbranched alkanes of at least 4 members (excludes halogenated alkanes) is 4. The summed E-state index contributed by atoms with van der Waals surface area (Å²) in [7, 11) is 0. The van der Waals surface area contributed by atoms with E-state index in [0.717, 1.165) is 38.6 Å². The molecule has 0 unspecified atom stereocenters. The van der Waals surface area contributed by atoms with Crippen molar-refractivity contribution in [1.29, 1.82) is 0 Å². The Morgan fingerprint density at radius 2 is 1.50 bits per heavy atom. The zero-order chi connectivity index (χ0) is 15.6. The molecule has 0 saturated heterocycles. The highest BCUT2D eigenvalue weighted by Crippen LogP contribution is 2.12. The third kappa shape index (κ3) is 10.8. The molecule has 0 aromatic carbocycles. The molecule has 0 aliphatic carbocycles. The van der Waals surface area contributed by atoms with Crippen molar-refractivity contribution in [1.82, 2.24) is 10.6 Å². The maximum absolute atomic E-state index is 11.6. The van der Waals surface area contributed by atoms with Crippen LogP contribution in [0.5, 0.6) is 0 Å². The minimum atomic E-state index is -0.302. The first-order chi connectivity index (χ1) is 9.23. The van der Waals surface area contributed by atoms with Crippen LogP contribution in [0, 0.1) is 5.41 Å². The van der Waals surface area contributed by atoms with Crippen molar-refractivity contribution in [2.24, 2.45) is 5.41 Å². The highest BCUT2D eigenvalue weighted by Gasteiger charge is 2.19. The fourth-order valence-electron chi connectivity index (χ4n) is 1.80. The standard InChI is InChI=1S/C16H32N2O2/c1-13(2)18-14(19)11-9-7-6-8-10-12-17-15(20)16(3,4)5/h13H,6-12H2,1-5H3,(H,17,20)(H,18,19). The molecule has 0 aromatic rings. The summed E-state index contributed by atoms with van der Waals surface area (Å²) in [6.45, 7) is 10.5. The van der Waals surface area contributed by atoms with E-state index in [4.69, 9.17) is 0 Å². The predicted octanol–water partition coefficient (Wildman–Crippen LogP) is 3.01. The molecular weight excluding hydrogens is 252 g/mol. The molecular formula is C16H32N2O2. The van der Waals surface area contributed by atoms with Gasteiger partial charge in [0.15, 0.2) is 0 Å². The van der Waals surface area contributed by atoms with Crippen molar-refractivity contribution < 1.29 is 9.59 Å². The van der Waals surface area contributed by atoms with Gasteiger partial charge in [0.25, 0.3) is 0 Å². The van der Waals surface area contributed by atoms with Crippen LogP contribution in [0.3, 0.4) is 0 Å². The van der Waals surface area contributed by atoms with Gasteiger partial charge in [-0.25, -0.2) is 0 Å². The molecule has 0 bridgehead atoms. The van der Waals surface area contributed by atoms with E-state index in [1.54, 1.807) is 0 Å². The van der Waals surface area contributed by atoms with Crippen molar-refractivity contribution in [2.75, 3.05) is 6.54 Å².